The third-order valence-electron chi connectivity index (χ3n) is 0.822. The molecule has 0 N–H and O–H groups in total. The van der Waals surface area contributed by atoms with Crippen LogP contribution in [0.4, 0.5) is 0 Å². The van der Waals surface area contributed by atoms with Gasteiger partial charge in [-0.1, -0.05) is 0 Å². The van der Waals surface area contributed by atoms with Crippen LogP contribution in [-0.4, -0.2) is 24.7 Å². The Morgan fingerprint density at radius 3 is 2.60 bits per heavy atom. The predicted molar refractivity (Wildman–Crippen MR) is 40.9 cm³/mol. The van der Waals surface area contributed by atoms with E-state index in [0.29, 0.717) is 6.61 Å². The van der Waals surface area contributed by atoms with Crippen molar-refractivity contribution in [2.45, 2.75) is 13.3 Å². The summed E-state index contributed by atoms with van der Waals surface area (Å²) >= 11 is 4.67. The Morgan fingerprint density at radius 1 is 1.60 bits per heavy atom. The smallest absolute Gasteiger partial charge is 0.314 e. The van der Waals surface area contributed by atoms with Gasteiger partial charge in [-0.2, -0.15) is 0 Å². The highest BCUT2D eigenvalue weighted by atomic mass is 32.1. The van der Waals surface area contributed by atoms with Crippen LogP contribution in [0, 0.1) is 0 Å². The Hall–Kier alpha value is -0.640. The zero-order chi connectivity index (χ0) is 7.98. The Bertz CT molecular complexity index is 133. The third-order valence-corrected chi connectivity index (χ3v) is 1.08. The van der Waals surface area contributed by atoms with E-state index in [1.165, 1.54) is 7.11 Å². The number of carbonyl (C=O) groups is 1. The zero-order valence-electron chi connectivity index (χ0n) is 6.05. The van der Waals surface area contributed by atoms with Gasteiger partial charge in [-0.05, 0) is 19.1 Å². The highest BCUT2D eigenvalue weighted by Crippen LogP contribution is 1.91. The number of carbonyl (C=O) groups excluding carboxylic acids is 1. The summed E-state index contributed by atoms with van der Waals surface area (Å²) in [5.74, 6) is -0.363. The fourth-order valence-corrected chi connectivity index (χ4v) is 0.638. The van der Waals surface area contributed by atoms with E-state index in [1.54, 1.807) is 0 Å². The second kappa shape index (κ2) is 5.17. The lowest BCUT2D eigenvalue weighted by molar-refractivity contribution is -0.139. The van der Waals surface area contributed by atoms with Crippen molar-refractivity contribution >= 4 is 23.2 Å². The van der Waals surface area contributed by atoms with Gasteiger partial charge in [0.25, 0.3) is 0 Å². The van der Waals surface area contributed by atoms with Crippen LogP contribution in [0.3, 0.4) is 0 Å². The minimum atomic E-state index is -0.363. The highest BCUT2D eigenvalue weighted by molar-refractivity contribution is 7.80. The van der Waals surface area contributed by atoms with E-state index in [-0.39, 0.29) is 17.4 Å². The van der Waals surface area contributed by atoms with E-state index in [4.69, 9.17) is 4.74 Å². The first-order chi connectivity index (χ1) is 4.70. The zero-order valence-corrected chi connectivity index (χ0v) is 6.86. The number of hydrogen-bond donors (Lipinski definition) is 0. The molecule has 3 nitrogen and oxygen atoms in total. The fourth-order valence-electron chi connectivity index (χ4n) is 0.402. The number of esters is 1. The Kier molecular flexibility index (Phi) is 4.84. The molecule has 0 aliphatic carbocycles. The molecule has 0 unspecified atom stereocenters. The van der Waals surface area contributed by atoms with Gasteiger partial charge in [0, 0.05) is 0 Å². The molecule has 4 heteroatoms. The lowest BCUT2D eigenvalue weighted by Crippen LogP contribution is -2.10. The van der Waals surface area contributed by atoms with Crippen LogP contribution in [0.15, 0.2) is 0 Å². The van der Waals surface area contributed by atoms with Crippen molar-refractivity contribution in [3.63, 3.8) is 0 Å². The molecule has 0 rings (SSSR count). The number of methoxy groups -OCH3 is 1. The quantitative estimate of drug-likeness (QED) is 0.456. The van der Waals surface area contributed by atoms with Crippen molar-refractivity contribution in [3.05, 3.63) is 0 Å². The van der Waals surface area contributed by atoms with Gasteiger partial charge in [-0.25, -0.2) is 0 Å². The van der Waals surface area contributed by atoms with Crippen molar-refractivity contribution in [1.82, 2.24) is 0 Å². The van der Waals surface area contributed by atoms with Gasteiger partial charge in [-0.3, -0.25) is 4.79 Å². The van der Waals surface area contributed by atoms with Crippen LogP contribution < -0.4 is 0 Å². The van der Waals surface area contributed by atoms with Crippen molar-refractivity contribution in [3.8, 4) is 0 Å². The first-order valence-corrected chi connectivity index (χ1v) is 3.34. The summed E-state index contributed by atoms with van der Waals surface area (Å²) in [6, 6.07) is 0. The SMILES string of the molecule is CCOC(=S)CC(=O)OC. The normalized spacial score (nSPS) is 8.60. The predicted octanol–water partition coefficient (Wildman–Crippen LogP) is 0.913. The van der Waals surface area contributed by atoms with E-state index >= 15 is 0 Å². The molecule has 10 heavy (non-hydrogen) atoms. The summed E-state index contributed by atoms with van der Waals surface area (Å²) in [5, 5.41) is 0.286. The Morgan fingerprint density at radius 2 is 2.20 bits per heavy atom. The molecular weight excluding hydrogens is 152 g/mol. The minimum Gasteiger partial charge on any atom is -0.487 e. The summed E-state index contributed by atoms with van der Waals surface area (Å²) in [6.45, 7) is 2.30. The molecule has 0 spiro atoms. The topological polar surface area (TPSA) is 35.5 Å². The van der Waals surface area contributed by atoms with Crippen molar-refractivity contribution in [2.75, 3.05) is 13.7 Å². The van der Waals surface area contributed by atoms with Gasteiger partial charge in [0.05, 0.1) is 13.7 Å². The van der Waals surface area contributed by atoms with Gasteiger partial charge >= 0.3 is 5.97 Å². The summed E-state index contributed by atoms with van der Waals surface area (Å²) in [6.07, 6.45) is 0.0691. The van der Waals surface area contributed by atoms with Crippen LogP contribution in [-0.2, 0) is 14.3 Å². The first kappa shape index (κ1) is 9.36. The van der Waals surface area contributed by atoms with Crippen molar-refractivity contribution in [1.29, 1.82) is 0 Å². The maximum absolute atomic E-state index is 10.5. The monoisotopic (exact) mass is 162 g/mol. The number of thiocarbonyl (C=S) groups is 1. The molecule has 0 bridgehead atoms. The lowest BCUT2D eigenvalue weighted by atomic mass is 10.5. The van der Waals surface area contributed by atoms with E-state index in [2.05, 4.69) is 17.0 Å². The molecule has 0 fully saturated rings. The molecule has 0 amide bonds. The molecule has 58 valence electrons. The molecule has 0 heterocycles. The number of rotatable bonds is 3. The maximum atomic E-state index is 10.5. The van der Waals surface area contributed by atoms with Crippen LogP contribution in [0.25, 0.3) is 0 Å². The minimum absolute atomic E-state index is 0.0691. The van der Waals surface area contributed by atoms with Crippen molar-refractivity contribution in [2.24, 2.45) is 0 Å². The van der Waals surface area contributed by atoms with Gasteiger partial charge in [0.2, 0.25) is 0 Å². The van der Waals surface area contributed by atoms with Gasteiger partial charge in [0.15, 0.2) is 5.05 Å². The van der Waals surface area contributed by atoms with Crippen LogP contribution in [0.2, 0.25) is 0 Å². The van der Waals surface area contributed by atoms with Gasteiger partial charge in [0.1, 0.15) is 6.42 Å². The average molecular weight is 162 g/mol. The van der Waals surface area contributed by atoms with Gasteiger partial charge < -0.3 is 9.47 Å². The number of hydrogen-bond acceptors (Lipinski definition) is 4. The van der Waals surface area contributed by atoms with Crippen LogP contribution in [0.5, 0.6) is 0 Å². The molecule has 0 aromatic heterocycles. The maximum Gasteiger partial charge on any atom is 0.314 e. The standard InChI is InChI=1S/C6H10O3S/c1-3-9-6(10)4-5(7)8-2/h3-4H2,1-2H3. The molecule has 0 radical (unpaired) electrons. The van der Waals surface area contributed by atoms with Crippen LogP contribution >= 0.6 is 12.2 Å². The van der Waals surface area contributed by atoms with E-state index in [9.17, 15) is 4.79 Å². The first-order valence-electron chi connectivity index (χ1n) is 2.93. The summed E-state index contributed by atoms with van der Waals surface area (Å²) in [7, 11) is 1.32. The highest BCUT2D eigenvalue weighted by Gasteiger charge is 2.04. The second-order valence-corrected chi connectivity index (χ2v) is 2.01. The van der Waals surface area contributed by atoms with Crippen LogP contribution in [0.1, 0.15) is 13.3 Å². The fraction of sp³-hybridized carbons (Fsp3) is 0.667. The molecule has 0 saturated heterocycles. The molecule has 0 aromatic carbocycles. The van der Waals surface area contributed by atoms with Gasteiger partial charge in [-0.15, -0.1) is 0 Å². The van der Waals surface area contributed by atoms with Crippen molar-refractivity contribution < 1.29 is 14.3 Å². The van der Waals surface area contributed by atoms with E-state index < -0.39 is 0 Å². The Labute approximate surface area is 65.3 Å². The molecule has 0 atom stereocenters. The second-order valence-electron chi connectivity index (χ2n) is 1.56. The van der Waals surface area contributed by atoms with E-state index in [1.807, 2.05) is 6.92 Å². The largest absolute Gasteiger partial charge is 0.487 e. The molecule has 0 aliphatic rings. The summed E-state index contributed by atoms with van der Waals surface area (Å²) < 4.78 is 9.21. The Balaban J connectivity index is 3.47. The molecular formula is C6H10O3S. The molecule has 0 saturated carbocycles. The number of ether oxygens (including phenoxy) is 2. The summed E-state index contributed by atoms with van der Waals surface area (Å²) in [5.41, 5.74) is 0. The molecule has 0 aliphatic heterocycles. The molecule has 0 aromatic rings. The average Bonchev–Trinajstić information content (AvgIpc) is 1.88. The third kappa shape index (κ3) is 4.26. The summed E-state index contributed by atoms with van der Waals surface area (Å²) in [4.78, 5) is 10.5. The van der Waals surface area contributed by atoms with E-state index in [0.717, 1.165) is 0 Å². The lowest BCUT2D eigenvalue weighted by Gasteiger charge is -2.01.